The van der Waals surface area contributed by atoms with Crippen molar-refractivity contribution in [3.05, 3.63) is 23.8 Å². The fourth-order valence-corrected chi connectivity index (χ4v) is 0.473. The highest BCUT2D eigenvalue weighted by Gasteiger charge is 1.89. The molecule has 0 aliphatic heterocycles. The fraction of sp³-hybridized carbons (Fsp3) is 0.429. The summed E-state index contributed by atoms with van der Waals surface area (Å²) in [6.07, 6.45) is 1.86. The van der Waals surface area contributed by atoms with Gasteiger partial charge >= 0.3 is 0 Å². The molecule has 1 heteroatoms. The van der Waals surface area contributed by atoms with E-state index in [4.69, 9.17) is 5.11 Å². The maximum atomic E-state index is 8.57. The van der Waals surface area contributed by atoms with E-state index in [0.29, 0.717) is 0 Å². The number of allylic oxidation sites excluding steroid dienone is 1. The second-order valence-corrected chi connectivity index (χ2v) is 1.75. The van der Waals surface area contributed by atoms with Crippen molar-refractivity contribution in [1.29, 1.82) is 0 Å². The lowest BCUT2D eigenvalue weighted by Crippen LogP contribution is -1.88. The van der Waals surface area contributed by atoms with Gasteiger partial charge in [-0.1, -0.05) is 18.2 Å². The Morgan fingerprint density at radius 3 is 2.25 bits per heavy atom. The normalized spacial score (nSPS) is 11.6. The number of hydrogen-bond acceptors (Lipinski definition) is 1. The lowest BCUT2D eigenvalue weighted by atomic mass is 10.1. The van der Waals surface area contributed by atoms with Crippen LogP contribution in [0, 0.1) is 0 Å². The van der Waals surface area contributed by atoms with Gasteiger partial charge in [0.2, 0.25) is 0 Å². The average Bonchev–Trinajstić information content (AvgIpc) is 1.69. The molecule has 0 aromatic heterocycles. The number of rotatable bonds is 2. The van der Waals surface area contributed by atoms with Crippen LogP contribution in [-0.2, 0) is 0 Å². The van der Waals surface area contributed by atoms with E-state index in [1.54, 1.807) is 0 Å². The van der Waals surface area contributed by atoms with Crippen LogP contribution < -0.4 is 0 Å². The molecule has 0 saturated carbocycles. The summed E-state index contributed by atoms with van der Waals surface area (Å²) in [5.74, 6) is 0. The van der Waals surface area contributed by atoms with Crippen LogP contribution in [0.3, 0.4) is 0 Å². The SMILES string of the molecule is C=C(C)/C(=C/C)CO. The minimum atomic E-state index is 0.103. The van der Waals surface area contributed by atoms with Gasteiger partial charge in [-0.15, -0.1) is 0 Å². The molecule has 0 spiro atoms. The molecular weight excluding hydrogens is 100 g/mol. The minimum absolute atomic E-state index is 0.103. The van der Waals surface area contributed by atoms with Gasteiger partial charge in [-0.2, -0.15) is 0 Å². The zero-order valence-electron chi connectivity index (χ0n) is 5.44. The number of hydrogen-bond donors (Lipinski definition) is 1. The maximum absolute atomic E-state index is 8.57. The molecule has 0 aromatic rings. The van der Waals surface area contributed by atoms with Crippen LogP contribution in [0.15, 0.2) is 23.8 Å². The first-order chi connectivity index (χ1) is 3.72. The lowest BCUT2D eigenvalue weighted by Gasteiger charge is -1.97. The summed E-state index contributed by atoms with van der Waals surface area (Å²) in [6, 6.07) is 0. The number of aliphatic hydroxyl groups is 1. The summed E-state index contributed by atoms with van der Waals surface area (Å²) in [5.41, 5.74) is 1.86. The van der Waals surface area contributed by atoms with Crippen molar-refractivity contribution in [3.63, 3.8) is 0 Å². The summed E-state index contributed by atoms with van der Waals surface area (Å²) in [6.45, 7) is 7.54. The first-order valence-corrected chi connectivity index (χ1v) is 2.64. The molecule has 0 saturated heterocycles. The van der Waals surface area contributed by atoms with E-state index in [1.165, 1.54) is 0 Å². The Hall–Kier alpha value is -0.560. The van der Waals surface area contributed by atoms with Gasteiger partial charge in [0.15, 0.2) is 0 Å². The van der Waals surface area contributed by atoms with E-state index in [2.05, 4.69) is 6.58 Å². The quantitative estimate of drug-likeness (QED) is 0.537. The molecule has 0 amide bonds. The van der Waals surface area contributed by atoms with E-state index >= 15 is 0 Å². The molecule has 0 aromatic carbocycles. The molecule has 0 unspecified atom stereocenters. The van der Waals surface area contributed by atoms with Crippen molar-refractivity contribution in [1.82, 2.24) is 0 Å². The highest BCUT2D eigenvalue weighted by molar-refractivity contribution is 5.25. The summed E-state index contributed by atoms with van der Waals surface area (Å²) in [4.78, 5) is 0. The van der Waals surface area contributed by atoms with Crippen molar-refractivity contribution >= 4 is 0 Å². The highest BCUT2D eigenvalue weighted by Crippen LogP contribution is 2.03. The fourth-order valence-electron chi connectivity index (χ4n) is 0.473. The number of aliphatic hydroxyl groups excluding tert-OH is 1. The first-order valence-electron chi connectivity index (χ1n) is 2.64. The van der Waals surface area contributed by atoms with Crippen LogP contribution in [-0.4, -0.2) is 11.7 Å². The van der Waals surface area contributed by atoms with Gasteiger partial charge < -0.3 is 5.11 Å². The van der Waals surface area contributed by atoms with Crippen LogP contribution in [0.1, 0.15) is 13.8 Å². The summed E-state index contributed by atoms with van der Waals surface area (Å²) in [5, 5.41) is 8.57. The van der Waals surface area contributed by atoms with Crippen LogP contribution in [0.2, 0.25) is 0 Å². The zero-order chi connectivity index (χ0) is 6.57. The molecule has 0 heterocycles. The third-order valence-electron chi connectivity index (χ3n) is 1.07. The third-order valence-corrected chi connectivity index (χ3v) is 1.07. The monoisotopic (exact) mass is 112 g/mol. The van der Waals surface area contributed by atoms with Gasteiger partial charge in [0, 0.05) is 0 Å². The molecule has 0 radical (unpaired) electrons. The molecule has 0 bridgehead atoms. The molecule has 8 heavy (non-hydrogen) atoms. The van der Waals surface area contributed by atoms with Gasteiger partial charge in [-0.3, -0.25) is 0 Å². The molecule has 46 valence electrons. The van der Waals surface area contributed by atoms with Crippen LogP contribution in [0.4, 0.5) is 0 Å². The summed E-state index contributed by atoms with van der Waals surface area (Å²) >= 11 is 0. The van der Waals surface area contributed by atoms with Crippen molar-refractivity contribution in [2.24, 2.45) is 0 Å². The second-order valence-electron chi connectivity index (χ2n) is 1.75. The molecule has 0 fully saturated rings. The van der Waals surface area contributed by atoms with Crippen molar-refractivity contribution < 1.29 is 5.11 Å². The maximum Gasteiger partial charge on any atom is 0.0681 e. The lowest BCUT2D eigenvalue weighted by molar-refractivity contribution is 0.333. The van der Waals surface area contributed by atoms with Crippen molar-refractivity contribution in [2.75, 3.05) is 6.61 Å². The van der Waals surface area contributed by atoms with Gasteiger partial charge in [0.05, 0.1) is 6.61 Å². The smallest absolute Gasteiger partial charge is 0.0681 e. The van der Waals surface area contributed by atoms with Crippen molar-refractivity contribution in [3.8, 4) is 0 Å². The predicted molar refractivity (Wildman–Crippen MR) is 35.7 cm³/mol. The van der Waals surface area contributed by atoms with Crippen molar-refractivity contribution in [2.45, 2.75) is 13.8 Å². The Labute approximate surface area is 50.3 Å². The molecular formula is C7H12O. The topological polar surface area (TPSA) is 20.2 Å². The molecule has 0 aliphatic carbocycles. The second kappa shape index (κ2) is 3.44. The summed E-state index contributed by atoms with van der Waals surface area (Å²) < 4.78 is 0. The molecule has 1 nitrogen and oxygen atoms in total. The Morgan fingerprint density at radius 2 is 2.25 bits per heavy atom. The first kappa shape index (κ1) is 7.44. The van der Waals surface area contributed by atoms with E-state index in [1.807, 2.05) is 19.9 Å². The van der Waals surface area contributed by atoms with E-state index in [-0.39, 0.29) is 6.61 Å². The average molecular weight is 112 g/mol. The Balaban J connectivity index is 3.92. The Morgan fingerprint density at radius 1 is 1.75 bits per heavy atom. The van der Waals surface area contributed by atoms with E-state index in [9.17, 15) is 0 Å². The summed E-state index contributed by atoms with van der Waals surface area (Å²) in [7, 11) is 0. The highest BCUT2D eigenvalue weighted by atomic mass is 16.3. The van der Waals surface area contributed by atoms with E-state index in [0.717, 1.165) is 11.1 Å². The minimum Gasteiger partial charge on any atom is -0.392 e. The Bertz CT molecular complexity index is 112. The molecule has 1 N–H and O–H groups in total. The van der Waals surface area contributed by atoms with E-state index < -0.39 is 0 Å². The molecule has 0 aliphatic rings. The largest absolute Gasteiger partial charge is 0.392 e. The predicted octanol–water partition coefficient (Wildman–Crippen LogP) is 1.50. The van der Waals surface area contributed by atoms with Gasteiger partial charge in [0.1, 0.15) is 0 Å². The van der Waals surface area contributed by atoms with Crippen LogP contribution in [0.5, 0.6) is 0 Å². The van der Waals surface area contributed by atoms with Gasteiger partial charge in [-0.25, -0.2) is 0 Å². The zero-order valence-corrected chi connectivity index (χ0v) is 5.44. The van der Waals surface area contributed by atoms with Crippen LogP contribution >= 0.6 is 0 Å². The van der Waals surface area contributed by atoms with Gasteiger partial charge in [-0.05, 0) is 19.4 Å². The molecule has 0 atom stereocenters. The Kier molecular flexibility index (Phi) is 3.20. The van der Waals surface area contributed by atoms with Crippen LogP contribution in [0.25, 0.3) is 0 Å². The molecule has 0 rings (SSSR count). The third kappa shape index (κ3) is 1.94. The van der Waals surface area contributed by atoms with Gasteiger partial charge in [0.25, 0.3) is 0 Å². The standard InChI is InChI=1S/C7H12O/c1-4-7(5-8)6(2)3/h4,8H,2,5H2,1,3H3/b7-4+.